The van der Waals surface area contributed by atoms with Gasteiger partial charge in [0.25, 0.3) is 0 Å². The van der Waals surface area contributed by atoms with Crippen LogP contribution in [0.3, 0.4) is 0 Å². The van der Waals surface area contributed by atoms with Gasteiger partial charge in [-0.3, -0.25) is 4.79 Å². The zero-order chi connectivity index (χ0) is 15.6. The number of carbonyl (C=O) groups is 1. The number of halogens is 3. The molecule has 116 valence electrons. The van der Waals surface area contributed by atoms with Gasteiger partial charge >= 0.3 is 6.18 Å². The summed E-state index contributed by atoms with van der Waals surface area (Å²) < 4.78 is 38.1. The Morgan fingerprint density at radius 1 is 1.33 bits per heavy atom. The number of aryl methyl sites for hydroxylation is 1. The van der Waals surface area contributed by atoms with Gasteiger partial charge in [0.15, 0.2) is 0 Å². The minimum atomic E-state index is -4.42. The van der Waals surface area contributed by atoms with Crippen molar-refractivity contribution >= 4 is 11.6 Å². The number of nitrogens with two attached hydrogens (primary N) is 1. The lowest BCUT2D eigenvalue weighted by Crippen LogP contribution is -2.34. The Kier molecular flexibility index (Phi) is 4.56. The number of nitrogens with one attached hydrogen (secondary N) is 1. The molecule has 1 amide bonds. The van der Waals surface area contributed by atoms with Gasteiger partial charge in [-0.2, -0.15) is 13.2 Å². The van der Waals surface area contributed by atoms with Crippen molar-refractivity contribution in [1.29, 1.82) is 0 Å². The second kappa shape index (κ2) is 6.05. The molecule has 21 heavy (non-hydrogen) atoms. The number of hydrogen-bond donors (Lipinski definition) is 2. The number of benzene rings is 1. The highest BCUT2D eigenvalue weighted by atomic mass is 19.4. The first-order valence-corrected chi connectivity index (χ1v) is 7.01. The molecule has 1 aliphatic rings. The molecule has 0 bridgehead atoms. The summed E-state index contributed by atoms with van der Waals surface area (Å²) in [5.74, 6) is -0.463. The van der Waals surface area contributed by atoms with Crippen LogP contribution in [-0.2, 0) is 11.0 Å². The van der Waals surface area contributed by atoms with E-state index in [0.29, 0.717) is 12.0 Å². The normalized spacial score (nSPS) is 22.9. The van der Waals surface area contributed by atoms with Gasteiger partial charge in [-0.15, -0.1) is 0 Å². The highest BCUT2D eigenvalue weighted by Gasteiger charge is 2.31. The molecular formula is C15H19F3N2O. The topological polar surface area (TPSA) is 55.1 Å². The van der Waals surface area contributed by atoms with Gasteiger partial charge in [-0.05, 0) is 43.9 Å². The van der Waals surface area contributed by atoms with Crippen molar-refractivity contribution < 1.29 is 18.0 Å². The van der Waals surface area contributed by atoms with Gasteiger partial charge in [-0.1, -0.05) is 12.5 Å². The molecule has 0 aliphatic heterocycles. The standard InChI is InChI=1S/C15H19F3N2O/c1-9-5-6-11(15(16,17)18)8-13(9)20-14(21)10-3-2-4-12(19)7-10/h5-6,8,10,12H,2-4,7,19H2,1H3,(H,20,21). The summed E-state index contributed by atoms with van der Waals surface area (Å²) in [6, 6.07) is 3.36. The van der Waals surface area contributed by atoms with Crippen LogP contribution in [-0.4, -0.2) is 11.9 Å². The van der Waals surface area contributed by atoms with E-state index in [-0.39, 0.29) is 23.6 Å². The van der Waals surface area contributed by atoms with Crippen LogP contribution in [0.25, 0.3) is 0 Å². The van der Waals surface area contributed by atoms with Crippen molar-refractivity contribution in [3.63, 3.8) is 0 Å². The van der Waals surface area contributed by atoms with Crippen LogP contribution >= 0.6 is 0 Å². The summed E-state index contributed by atoms with van der Waals surface area (Å²) in [5.41, 5.74) is 5.90. The van der Waals surface area contributed by atoms with E-state index < -0.39 is 11.7 Å². The predicted octanol–water partition coefficient (Wildman–Crippen LogP) is 3.47. The number of amides is 1. The molecule has 1 aromatic carbocycles. The molecule has 0 heterocycles. The number of hydrogen-bond acceptors (Lipinski definition) is 2. The molecule has 0 saturated heterocycles. The summed E-state index contributed by atoms with van der Waals surface area (Å²) in [4.78, 5) is 12.2. The Morgan fingerprint density at radius 3 is 2.67 bits per heavy atom. The number of rotatable bonds is 2. The van der Waals surface area contributed by atoms with Gasteiger partial charge in [-0.25, -0.2) is 0 Å². The summed E-state index contributed by atoms with van der Waals surface area (Å²) >= 11 is 0. The zero-order valence-corrected chi connectivity index (χ0v) is 11.8. The quantitative estimate of drug-likeness (QED) is 0.878. The number of carbonyl (C=O) groups excluding carboxylic acids is 1. The lowest BCUT2D eigenvalue weighted by atomic mass is 9.85. The fraction of sp³-hybridized carbons (Fsp3) is 0.533. The van der Waals surface area contributed by atoms with E-state index in [4.69, 9.17) is 5.73 Å². The van der Waals surface area contributed by atoms with Crippen LogP contribution in [0.15, 0.2) is 18.2 Å². The molecular weight excluding hydrogens is 281 g/mol. The minimum Gasteiger partial charge on any atom is -0.328 e. The molecule has 1 aliphatic carbocycles. The van der Waals surface area contributed by atoms with Gasteiger partial charge in [0.1, 0.15) is 0 Å². The second-order valence-corrected chi connectivity index (χ2v) is 5.64. The molecule has 3 N–H and O–H groups in total. The SMILES string of the molecule is Cc1ccc(C(F)(F)F)cc1NC(=O)C1CCCC(N)C1. The van der Waals surface area contributed by atoms with Crippen molar-refractivity contribution in [2.45, 2.75) is 44.8 Å². The number of anilines is 1. The van der Waals surface area contributed by atoms with Crippen molar-refractivity contribution in [3.05, 3.63) is 29.3 Å². The Bertz CT molecular complexity index is 528. The lowest BCUT2D eigenvalue weighted by Gasteiger charge is -2.26. The maximum Gasteiger partial charge on any atom is 0.416 e. The summed E-state index contributed by atoms with van der Waals surface area (Å²) in [6.07, 6.45) is -1.32. The number of alkyl halides is 3. The van der Waals surface area contributed by atoms with E-state index in [1.54, 1.807) is 6.92 Å². The molecule has 1 fully saturated rings. The molecule has 1 aromatic rings. The Morgan fingerprint density at radius 2 is 2.05 bits per heavy atom. The first-order valence-electron chi connectivity index (χ1n) is 7.01. The highest BCUT2D eigenvalue weighted by molar-refractivity contribution is 5.93. The zero-order valence-electron chi connectivity index (χ0n) is 11.8. The molecule has 0 spiro atoms. The van der Waals surface area contributed by atoms with Crippen LogP contribution in [0.2, 0.25) is 0 Å². The second-order valence-electron chi connectivity index (χ2n) is 5.64. The van der Waals surface area contributed by atoms with Gasteiger partial charge in [0.2, 0.25) is 5.91 Å². The van der Waals surface area contributed by atoms with E-state index in [1.165, 1.54) is 6.07 Å². The van der Waals surface area contributed by atoms with Crippen molar-refractivity contribution in [2.24, 2.45) is 11.7 Å². The molecule has 6 heteroatoms. The van der Waals surface area contributed by atoms with Crippen molar-refractivity contribution in [2.75, 3.05) is 5.32 Å². The van der Waals surface area contributed by atoms with E-state index in [0.717, 1.165) is 31.4 Å². The summed E-state index contributed by atoms with van der Waals surface area (Å²) in [6.45, 7) is 1.67. The smallest absolute Gasteiger partial charge is 0.328 e. The fourth-order valence-electron chi connectivity index (χ4n) is 2.63. The van der Waals surface area contributed by atoms with Crippen LogP contribution in [0.4, 0.5) is 18.9 Å². The molecule has 2 atom stereocenters. The van der Waals surface area contributed by atoms with E-state index in [9.17, 15) is 18.0 Å². The molecule has 2 unspecified atom stereocenters. The Labute approximate surface area is 121 Å². The maximum atomic E-state index is 12.7. The van der Waals surface area contributed by atoms with Crippen LogP contribution in [0, 0.1) is 12.8 Å². The third-order valence-corrected chi connectivity index (χ3v) is 3.91. The fourth-order valence-corrected chi connectivity index (χ4v) is 2.63. The lowest BCUT2D eigenvalue weighted by molar-refractivity contribution is -0.137. The Hall–Kier alpha value is -1.56. The first-order chi connectivity index (χ1) is 9.77. The van der Waals surface area contributed by atoms with Gasteiger partial charge < -0.3 is 11.1 Å². The predicted molar refractivity (Wildman–Crippen MR) is 74.7 cm³/mol. The van der Waals surface area contributed by atoms with E-state index in [1.807, 2.05) is 0 Å². The van der Waals surface area contributed by atoms with Crippen LogP contribution in [0.5, 0.6) is 0 Å². The van der Waals surface area contributed by atoms with Crippen molar-refractivity contribution in [1.82, 2.24) is 0 Å². The summed E-state index contributed by atoms with van der Waals surface area (Å²) in [5, 5.41) is 2.62. The van der Waals surface area contributed by atoms with E-state index in [2.05, 4.69) is 5.32 Å². The summed E-state index contributed by atoms with van der Waals surface area (Å²) in [7, 11) is 0. The monoisotopic (exact) mass is 300 g/mol. The average molecular weight is 300 g/mol. The van der Waals surface area contributed by atoms with Crippen LogP contribution in [0.1, 0.15) is 36.8 Å². The molecule has 2 rings (SSSR count). The minimum absolute atomic E-state index is 0.00268. The molecule has 0 radical (unpaired) electrons. The van der Waals surface area contributed by atoms with Gasteiger partial charge in [0, 0.05) is 17.6 Å². The molecule has 3 nitrogen and oxygen atoms in total. The maximum absolute atomic E-state index is 12.7. The van der Waals surface area contributed by atoms with E-state index >= 15 is 0 Å². The largest absolute Gasteiger partial charge is 0.416 e. The van der Waals surface area contributed by atoms with Crippen molar-refractivity contribution in [3.8, 4) is 0 Å². The highest BCUT2D eigenvalue weighted by Crippen LogP contribution is 2.32. The third kappa shape index (κ3) is 3.97. The van der Waals surface area contributed by atoms with Crippen LogP contribution < -0.4 is 11.1 Å². The average Bonchev–Trinajstić information content (AvgIpc) is 2.40. The third-order valence-electron chi connectivity index (χ3n) is 3.91. The van der Waals surface area contributed by atoms with Gasteiger partial charge in [0.05, 0.1) is 5.56 Å². The molecule has 0 aromatic heterocycles. The Balaban J connectivity index is 2.13. The molecule has 1 saturated carbocycles. The first kappa shape index (κ1) is 15.8.